The van der Waals surface area contributed by atoms with Gasteiger partial charge >= 0.3 is 0 Å². The second-order valence-corrected chi connectivity index (χ2v) is 8.72. The number of hydrogen-bond donors (Lipinski definition) is 0. The van der Waals surface area contributed by atoms with E-state index in [1.165, 1.54) is 57.6 Å². The van der Waals surface area contributed by atoms with Crippen molar-refractivity contribution in [2.45, 2.75) is 45.4 Å². The van der Waals surface area contributed by atoms with Crippen LogP contribution >= 0.6 is 0 Å². The summed E-state index contributed by atoms with van der Waals surface area (Å²) in [5, 5.41) is 0. The highest BCUT2D eigenvalue weighted by molar-refractivity contribution is 5.84. The quantitative estimate of drug-likeness (QED) is 0.418. The molecule has 0 N–H and O–H groups in total. The molecule has 0 fully saturated rings. The number of allylic oxidation sites excluding steroid dienone is 1. The highest BCUT2D eigenvalue weighted by atomic mass is 15.1. The van der Waals surface area contributed by atoms with Gasteiger partial charge in [-0.15, -0.1) is 0 Å². The fourth-order valence-electron chi connectivity index (χ4n) is 4.49. The summed E-state index contributed by atoms with van der Waals surface area (Å²) in [6.45, 7) is 11.3. The lowest BCUT2D eigenvalue weighted by atomic mass is 9.81. The van der Waals surface area contributed by atoms with Crippen molar-refractivity contribution in [2.75, 3.05) is 11.9 Å². The fraction of sp³-hybridized carbons (Fsp3) is 0.286. The molecule has 3 aromatic carbocycles. The van der Waals surface area contributed by atoms with Crippen molar-refractivity contribution in [1.29, 1.82) is 0 Å². The summed E-state index contributed by atoms with van der Waals surface area (Å²) in [6.07, 6.45) is 3.49. The van der Waals surface area contributed by atoms with Crippen LogP contribution in [0.1, 0.15) is 56.7 Å². The molecule has 0 atom stereocenters. The van der Waals surface area contributed by atoms with Gasteiger partial charge in [-0.05, 0) is 76.6 Å². The maximum absolute atomic E-state index is 4.35. The third-order valence-corrected chi connectivity index (χ3v) is 6.43. The van der Waals surface area contributed by atoms with Crippen LogP contribution in [0.3, 0.4) is 0 Å². The molecule has 0 aromatic heterocycles. The summed E-state index contributed by atoms with van der Waals surface area (Å²) >= 11 is 0. The van der Waals surface area contributed by atoms with Gasteiger partial charge in [-0.2, -0.15) is 0 Å². The van der Waals surface area contributed by atoms with E-state index in [1.54, 1.807) is 0 Å². The zero-order chi connectivity index (χ0) is 20.6. The van der Waals surface area contributed by atoms with E-state index in [1.807, 2.05) is 0 Å². The van der Waals surface area contributed by atoms with Crippen LogP contribution < -0.4 is 4.90 Å². The minimum Gasteiger partial charge on any atom is -0.345 e. The first-order chi connectivity index (χ1) is 13.9. The number of benzene rings is 3. The van der Waals surface area contributed by atoms with Crippen molar-refractivity contribution in [3.05, 3.63) is 90.0 Å². The third-order valence-electron chi connectivity index (χ3n) is 6.43. The number of fused-ring (bicyclic) bond motifs is 3. The molecule has 0 bridgehead atoms. The van der Waals surface area contributed by atoms with E-state index in [-0.39, 0.29) is 5.41 Å². The topological polar surface area (TPSA) is 3.24 Å². The fourth-order valence-corrected chi connectivity index (χ4v) is 4.49. The zero-order valence-electron chi connectivity index (χ0n) is 18.1. The Bertz CT molecular complexity index is 1040. The smallest absolute Gasteiger partial charge is 0.0411 e. The monoisotopic (exact) mass is 381 g/mol. The van der Waals surface area contributed by atoms with E-state index < -0.39 is 0 Å². The molecule has 0 amide bonds. The van der Waals surface area contributed by atoms with Gasteiger partial charge in [0.25, 0.3) is 0 Å². The Hall–Kier alpha value is -2.80. The summed E-state index contributed by atoms with van der Waals surface area (Å²) in [5.41, 5.74) is 10.5. The average molecular weight is 382 g/mol. The maximum atomic E-state index is 4.35. The molecule has 1 nitrogen and oxygen atoms in total. The van der Waals surface area contributed by atoms with Gasteiger partial charge in [0, 0.05) is 23.8 Å². The first-order valence-corrected chi connectivity index (χ1v) is 10.7. The van der Waals surface area contributed by atoms with Gasteiger partial charge < -0.3 is 4.90 Å². The van der Waals surface area contributed by atoms with Crippen molar-refractivity contribution in [3.8, 4) is 11.1 Å². The highest BCUT2D eigenvalue weighted by Crippen LogP contribution is 2.50. The Morgan fingerprint density at radius 2 is 1.52 bits per heavy atom. The molecule has 4 rings (SSSR count). The average Bonchev–Trinajstić information content (AvgIpc) is 2.98. The van der Waals surface area contributed by atoms with Gasteiger partial charge in [0.1, 0.15) is 0 Å². The van der Waals surface area contributed by atoms with Crippen molar-refractivity contribution in [3.63, 3.8) is 0 Å². The lowest BCUT2D eigenvalue weighted by molar-refractivity contribution is 0.660. The largest absolute Gasteiger partial charge is 0.345 e. The number of hydrogen-bond acceptors (Lipinski definition) is 1. The number of unbranched alkanes of at least 4 members (excludes halogenated alkanes) is 1. The molecule has 1 heteroatoms. The van der Waals surface area contributed by atoms with Gasteiger partial charge in [-0.25, -0.2) is 0 Å². The lowest BCUT2D eigenvalue weighted by Gasteiger charge is -2.25. The van der Waals surface area contributed by atoms with E-state index in [9.17, 15) is 0 Å². The molecule has 3 aromatic rings. The van der Waals surface area contributed by atoms with E-state index in [0.717, 1.165) is 6.42 Å². The molecular formula is C28H31N. The van der Waals surface area contributed by atoms with E-state index >= 15 is 0 Å². The molecule has 0 saturated heterocycles. The Morgan fingerprint density at radius 1 is 0.862 bits per heavy atom. The zero-order valence-corrected chi connectivity index (χ0v) is 18.1. The molecule has 1 aliphatic carbocycles. The second-order valence-electron chi connectivity index (χ2n) is 8.72. The van der Waals surface area contributed by atoms with Crippen LogP contribution in [0.4, 0.5) is 11.4 Å². The van der Waals surface area contributed by atoms with Crippen molar-refractivity contribution in [1.82, 2.24) is 0 Å². The molecule has 0 saturated carbocycles. The molecular weight excluding hydrogens is 350 g/mol. The molecule has 0 unspecified atom stereocenters. The Labute approximate surface area is 175 Å². The third kappa shape index (κ3) is 3.40. The Morgan fingerprint density at radius 3 is 2.21 bits per heavy atom. The molecule has 0 radical (unpaired) electrons. The van der Waals surface area contributed by atoms with Crippen LogP contribution in [0.25, 0.3) is 16.7 Å². The second kappa shape index (κ2) is 7.55. The molecule has 0 spiro atoms. The van der Waals surface area contributed by atoms with Crippen LogP contribution in [0.15, 0.2) is 73.3 Å². The molecule has 29 heavy (non-hydrogen) atoms. The van der Waals surface area contributed by atoms with Crippen LogP contribution in [0.5, 0.6) is 0 Å². The Kier molecular flexibility index (Phi) is 5.08. The predicted octanol–water partition coefficient (Wildman–Crippen LogP) is 7.96. The number of para-hydroxylation sites is 1. The predicted molar refractivity (Wildman–Crippen MR) is 127 cm³/mol. The standard InChI is InChI=1S/C28H31N/c1-6-7-11-20(2)21-14-16-24-25-17-15-23(29(5)22-12-9-8-10-13-22)19-27(25)28(3,4)26(24)18-21/h8-10,12-19H,2,6-7,11H2,1,3-5H3. The summed E-state index contributed by atoms with van der Waals surface area (Å²) in [6, 6.07) is 24.4. The number of anilines is 2. The normalized spacial score (nSPS) is 13.7. The molecule has 148 valence electrons. The minimum atomic E-state index is -0.0146. The van der Waals surface area contributed by atoms with Gasteiger partial charge in [0.05, 0.1) is 0 Å². The van der Waals surface area contributed by atoms with Crippen LogP contribution in [0.2, 0.25) is 0 Å². The molecule has 1 aliphatic rings. The van der Waals surface area contributed by atoms with E-state index in [2.05, 4.69) is 106 Å². The van der Waals surface area contributed by atoms with Crippen molar-refractivity contribution in [2.24, 2.45) is 0 Å². The van der Waals surface area contributed by atoms with Gasteiger partial charge in [0.15, 0.2) is 0 Å². The van der Waals surface area contributed by atoms with Crippen LogP contribution in [-0.2, 0) is 5.41 Å². The van der Waals surface area contributed by atoms with Gasteiger partial charge in [-0.3, -0.25) is 0 Å². The summed E-state index contributed by atoms with van der Waals surface area (Å²) in [5.74, 6) is 0. The molecule has 0 aliphatic heterocycles. The van der Waals surface area contributed by atoms with Crippen LogP contribution in [0, 0.1) is 0 Å². The maximum Gasteiger partial charge on any atom is 0.0411 e. The first kappa shape index (κ1) is 19.5. The van der Waals surface area contributed by atoms with E-state index in [4.69, 9.17) is 0 Å². The van der Waals surface area contributed by atoms with Gasteiger partial charge in [-0.1, -0.05) is 70.2 Å². The highest BCUT2D eigenvalue weighted by Gasteiger charge is 2.36. The molecule has 0 heterocycles. The van der Waals surface area contributed by atoms with Crippen LogP contribution in [-0.4, -0.2) is 7.05 Å². The van der Waals surface area contributed by atoms with Crippen molar-refractivity contribution < 1.29 is 0 Å². The Balaban J connectivity index is 1.72. The minimum absolute atomic E-state index is 0.0146. The summed E-state index contributed by atoms with van der Waals surface area (Å²) in [4.78, 5) is 2.26. The first-order valence-electron chi connectivity index (χ1n) is 10.7. The summed E-state index contributed by atoms with van der Waals surface area (Å²) in [7, 11) is 2.14. The van der Waals surface area contributed by atoms with Gasteiger partial charge in [0.2, 0.25) is 0 Å². The van der Waals surface area contributed by atoms with Crippen molar-refractivity contribution >= 4 is 16.9 Å². The van der Waals surface area contributed by atoms with E-state index in [0.29, 0.717) is 0 Å². The SMILES string of the molecule is C=C(CCCC)c1ccc2c(c1)C(C)(C)c1cc(N(C)c3ccccc3)ccc1-2. The lowest BCUT2D eigenvalue weighted by Crippen LogP contribution is -2.16. The number of rotatable bonds is 6. The number of nitrogens with zero attached hydrogens (tertiary/aromatic N) is 1. The summed E-state index contributed by atoms with van der Waals surface area (Å²) < 4.78 is 0.